The topological polar surface area (TPSA) is 92.0 Å². The Morgan fingerprint density at radius 1 is 1.15 bits per heavy atom. The zero-order valence-corrected chi connectivity index (χ0v) is 14.9. The molecular weight excluding hydrogens is 348 g/mol. The van der Waals surface area contributed by atoms with Crippen molar-refractivity contribution >= 4 is 39.6 Å². The number of carboxylic acid groups (broad SMARTS) is 1. The molecule has 1 aromatic heterocycles. The van der Waals surface area contributed by atoms with Crippen molar-refractivity contribution in [2.75, 3.05) is 25.5 Å². The van der Waals surface area contributed by atoms with E-state index in [-0.39, 0.29) is 11.9 Å². The normalized spacial score (nSPS) is 15.2. The molecule has 0 bridgehead atoms. The van der Waals surface area contributed by atoms with Gasteiger partial charge in [0, 0.05) is 29.9 Å². The van der Waals surface area contributed by atoms with Crippen molar-refractivity contribution < 1.29 is 23.8 Å². The van der Waals surface area contributed by atoms with Gasteiger partial charge in [-0.1, -0.05) is 18.2 Å². The highest BCUT2D eigenvalue weighted by Crippen LogP contribution is 2.36. The Morgan fingerprint density at radius 3 is 2.59 bits per heavy atom. The standard InChI is InChI=1S/C20H20N2O5/c1-26-18-10-14-13-4-2-3-5-16(13)27-17(14)11-15(18)21-20(25)22-8-6-12(7-9-22)19(23)24/h2-5,10-12H,6-9H2,1H3,(H,21,25)(H,23,24). The first-order chi connectivity index (χ1) is 13.1. The van der Waals surface area contributed by atoms with Crippen molar-refractivity contribution in [2.45, 2.75) is 12.8 Å². The number of hydrogen-bond acceptors (Lipinski definition) is 4. The lowest BCUT2D eigenvalue weighted by atomic mass is 9.97. The summed E-state index contributed by atoms with van der Waals surface area (Å²) in [4.78, 5) is 25.3. The number of likely N-dealkylation sites (tertiary alicyclic amines) is 1. The zero-order chi connectivity index (χ0) is 19.0. The van der Waals surface area contributed by atoms with Crippen LogP contribution in [0, 0.1) is 5.92 Å². The van der Waals surface area contributed by atoms with Crippen LogP contribution in [0.15, 0.2) is 40.8 Å². The summed E-state index contributed by atoms with van der Waals surface area (Å²) in [5.74, 6) is -0.634. The van der Waals surface area contributed by atoms with Gasteiger partial charge in [0.15, 0.2) is 0 Å². The molecule has 1 saturated heterocycles. The lowest BCUT2D eigenvalue weighted by Crippen LogP contribution is -2.42. The third-order valence-corrected chi connectivity index (χ3v) is 5.07. The van der Waals surface area contributed by atoms with Gasteiger partial charge in [0.1, 0.15) is 16.9 Å². The Labute approximate surface area is 155 Å². The number of carbonyl (C=O) groups excluding carboxylic acids is 1. The molecule has 140 valence electrons. The van der Waals surface area contributed by atoms with Gasteiger partial charge in [-0.05, 0) is 25.0 Å². The Morgan fingerprint density at radius 2 is 1.89 bits per heavy atom. The van der Waals surface area contributed by atoms with Gasteiger partial charge in [0.05, 0.1) is 18.7 Å². The van der Waals surface area contributed by atoms with Crippen LogP contribution in [0.3, 0.4) is 0 Å². The van der Waals surface area contributed by atoms with Crippen molar-refractivity contribution in [2.24, 2.45) is 5.92 Å². The maximum Gasteiger partial charge on any atom is 0.321 e. The fraction of sp³-hybridized carbons (Fsp3) is 0.300. The van der Waals surface area contributed by atoms with Crippen LogP contribution in [-0.4, -0.2) is 42.2 Å². The highest BCUT2D eigenvalue weighted by atomic mass is 16.5. The van der Waals surface area contributed by atoms with E-state index in [9.17, 15) is 9.59 Å². The van der Waals surface area contributed by atoms with E-state index in [2.05, 4.69) is 5.32 Å². The summed E-state index contributed by atoms with van der Waals surface area (Å²) >= 11 is 0. The number of carboxylic acids is 1. The molecule has 0 atom stereocenters. The van der Waals surface area contributed by atoms with E-state index in [1.54, 1.807) is 18.1 Å². The largest absolute Gasteiger partial charge is 0.495 e. The van der Waals surface area contributed by atoms with E-state index in [1.165, 1.54) is 0 Å². The molecule has 0 saturated carbocycles. The number of urea groups is 1. The number of hydrogen-bond donors (Lipinski definition) is 2. The van der Waals surface area contributed by atoms with Crippen molar-refractivity contribution in [3.05, 3.63) is 36.4 Å². The SMILES string of the molecule is COc1cc2c(cc1NC(=O)N1CCC(C(=O)O)CC1)oc1ccccc12. The quantitative estimate of drug-likeness (QED) is 0.731. The molecule has 0 unspecified atom stereocenters. The summed E-state index contributed by atoms with van der Waals surface area (Å²) in [7, 11) is 1.55. The summed E-state index contributed by atoms with van der Waals surface area (Å²) in [6.07, 6.45) is 0.922. The Hall–Kier alpha value is -3.22. The first kappa shape index (κ1) is 17.2. The highest BCUT2D eigenvalue weighted by molar-refractivity contribution is 6.07. The van der Waals surface area contributed by atoms with Gasteiger partial charge in [-0.2, -0.15) is 0 Å². The van der Waals surface area contributed by atoms with E-state index in [0.717, 1.165) is 16.4 Å². The number of anilines is 1. The number of nitrogens with zero attached hydrogens (tertiary/aromatic N) is 1. The summed E-state index contributed by atoms with van der Waals surface area (Å²) in [5, 5.41) is 13.9. The molecule has 1 fully saturated rings. The fourth-order valence-electron chi connectivity index (χ4n) is 3.54. The Bertz CT molecular complexity index is 1020. The number of piperidine rings is 1. The molecule has 4 rings (SSSR count). The number of benzene rings is 2. The van der Waals surface area contributed by atoms with E-state index in [0.29, 0.717) is 43.0 Å². The van der Waals surface area contributed by atoms with Crippen LogP contribution >= 0.6 is 0 Å². The molecule has 3 aromatic rings. The molecule has 2 aromatic carbocycles. The second-order valence-electron chi connectivity index (χ2n) is 6.68. The monoisotopic (exact) mass is 368 g/mol. The molecule has 0 spiro atoms. The number of nitrogens with one attached hydrogen (secondary N) is 1. The van der Waals surface area contributed by atoms with Gasteiger partial charge in [-0.25, -0.2) is 4.79 Å². The van der Waals surface area contributed by atoms with Gasteiger partial charge < -0.3 is 24.5 Å². The number of carbonyl (C=O) groups is 2. The number of amides is 2. The van der Waals surface area contributed by atoms with Gasteiger partial charge in [-0.3, -0.25) is 4.79 Å². The molecular formula is C20H20N2O5. The van der Waals surface area contributed by atoms with Crippen molar-refractivity contribution in [1.82, 2.24) is 4.90 Å². The minimum atomic E-state index is -0.799. The van der Waals surface area contributed by atoms with Gasteiger partial charge >= 0.3 is 12.0 Å². The Balaban J connectivity index is 1.58. The average Bonchev–Trinajstić information content (AvgIpc) is 3.04. The van der Waals surface area contributed by atoms with Gasteiger partial charge in [-0.15, -0.1) is 0 Å². The molecule has 2 heterocycles. The van der Waals surface area contributed by atoms with Crippen molar-refractivity contribution in [3.8, 4) is 5.75 Å². The van der Waals surface area contributed by atoms with Crippen LogP contribution in [0.2, 0.25) is 0 Å². The maximum atomic E-state index is 12.6. The van der Waals surface area contributed by atoms with E-state index in [4.69, 9.17) is 14.3 Å². The van der Waals surface area contributed by atoms with Crippen LogP contribution in [-0.2, 0) is 4.79 Å². The molecule has 2 N–H and O–H groups in total. The molecule has 7 heteroatoms. The molecule has 0 radical (unpaired) electrons. The van der Waals surface area contributed by atoms with Crippen molar-refractivity contribution in [3.63, 3.8) is 0 Å². The predicted octanol–water partition coefficient (Wildman–Crippen LogP) is 3.92. The zero-order valence-electron chi connectivity index (χ0n) is 14.9. The number of para-hydroxylation sites is 1. The minimum Gasteiger partial charge on any atom is -0.495 e. The summed E-state index contributed by atoms with van der Waals surface area (Å²) < 4.78 is 11.3. The molecule has 7 nitrogen and oxygen atoms in total. The summed E-state index contributed by atoms with van der Waals surface area (Å²) in [5.41, 5.74) is 1.96. The predicted molar refractivity (Wildman–Crippen MR) is 101 cm³/mol. The summed E-state index contributed by atoms with van der Waals surface area (Å²) in [6, 6.07) is 11.1. The summed E-state index contributed by atoms with van der Waals surface area (Å²) in [6.45, 7) is 0.829. The minimum absolute atomic E-state index is 0.271. The van der Waals surface area contributed by atoms with Crippen LogP contribution in [0.4, 0.5) is 10.5 Å². The number of methoxy groups -OCH3 is 1. The highest BCUT2D eigenvalue weighted by Gasteiger charge is 2.27. The molecule has 2 amide bonds. The molecule has 27 heavy (non-hydrogen) atoms. The third kappa shape index (κ3) is 3.16. The van der Waals surface area contributed by atoms with Crippen molar-refractivity contribution in [1.29, 1.82) is 0 Å². The number of furan rings is 1. The average molecular weight is 368 g/mol. The van der Waals surface area contributed by atoms with Gasteiger partial charge in [0.2, 0.25) is 0 Å². The number of aliphatic carboxylic acids is 1. The number of fused-ring (bicyclic) bond motifs is 3. The van der Waals surface area contributed by atoms with Crippen LogP contribution < -0.4 is 10.1 Å². The molecule has 0 aliphatic carbocycles. The van der Waals surface area contributed by atoms with Crippen LogP contribution in [0.5, 0.6) is 5.75 Å². The number of rotatable bonds is 3. The second kappa shape index (κ2) is 6.83. The number of ether oxygens (including phenoxy) is 1. The molecule has 1 aliphatic rings. The maximum absolute atomic E-state index is 12.6. The smallest absolute Gasteiger partial charge is 0.321 e. The van der Waals surface area contributed by atoms with Gasteiger partial charge in [0.25, 0.3) is 0 Å². The first-order valence-corrected chi connectivity index (χ1v) is 8.85. The third-order valence-electron chi connectivity index (χ3n) is 5.07. The fourth-order valence-corrected chi connectivity index (χ4v) is 3.54. The van der Waals surface area contributed by atoms with E-state index >= 15 is 0 Å². The molecule has 1 aliphatic heterocycles. The Kier molecular flexibility index (Phi) is 4.35. The van der Waals surface area contributed by atoms with Crippen LogP contribution in [0.1, 0.15) is 12.8 Å². The second-order valence-corrected chi connectivity index (χ2v) is 6.68. The van der Waals surface area contributed by atoms with Crippen LogP contribution in [0.25, 0.3) is 21.9 Å². The lowest BCUT2D eigenvalue weighted by molar-refractivity contribution is -0.143. The lowest BCUT2D eigenvalue weighted by Gasteiger charge is -2.30. The van der Waals surface area contributed by atoms with E-state index in [1.807, 2.05) is 30.3 Å². The van der Waals surface area contributed by atoms with E-state index < -0.39 is 5.97 Å². The first-order valence-electron chi connectivity index (χ1n) is 8.85.